The number of benzene rings is 5. The number of para-hydroxylation sites is 1. The summed E-state index contributed by atoms with van der Waals surface area (Å²) in [4.78, 5) is 2.63. The number of hydrogen-bond acceptors (Lipinski definition) is 1. The van der Waals surface area contributed by atoms with Crippen LogP contribution in [0.5, 0.6) is 0 Å². The van der Waals surface area contributed by atoms with Crippen LogP contribution in [0.1, 0.15) is 0 Å². The number of fused-ring (bicyclic) bond motifs is 2. The molecule has 0 amide bonds. The van der Waals surface area contributed by atoms with E-state index in [-0.39, 0.29) is 0 Å². The Morgan fingerprint density at radius 3 is 1.68 bits per heavy atom. The van der Waals surface area contributed by atoms with Crippen molar-refractivity contribution in [2.24, 2.45) is 7.05 Å². The Balaban J connectivity index is 1.56. The standard InChI is InChI=1S/C35H25NS/c1-36-31-23-13-12-22-30(31)32(25-16-6-3-7-17-25)33(36)35-29-21-11-10-20-28(29)34(37-35)27-19-9-8-18-26(27)24-14-4-2-5-15-24/h2-23H,1H3. The van der Waals surface area contributed by atoms with E-state index in [1.165, 1.54) is 64.9 Å². The molecule has 0 spiro atoms. The molecule has 0 aliphatic rings. The van der Waals surface area contributed by atoms with Gasteiger partial charge in [-0.2, -0.15) is 0 Å². The molecule has 2 heterocycles. The average molecular weight is 492 g/mol. The second-order valence-electron chi connectivity index (χ2n) is 9.38. The minimum absolute atomic E-state index is 1.24. The lowest BCUT2D eigenvalue weighted by molar-refractivity contribution is 0.983. The van der Waals surface area contributed by atoms with Gasteiger partial charge in [-0.1, -0.05) is 127 Å². The van der Waals surface area contributed by atoms with Crippen LogP contribution in [-0.2, 0) is 7.05 Å². The van der Waals surface area contributed by atoms with Crippen molar-refractivity contribution in [3.63, 3.8) is 0 Å². The molecule has 0 saturated carbocycles. The van der Waals surface area contributed by atoms with Crippen LogP contribution in [0.25, 0.3) is 64.9 Å². The number of rotatable bonds is 4. The Hall–Kier alpha value is -4.40. The number of hydrogen-bond donors (Lipinski definition) is 0. The predicted octanol–water partition coefficient (Wildman–Crippen LogP) is 10.1. The van der Waals surface area contributed by atoms with Crippen molar-refractivity contribution in [2.75, 3.05) is 0 Å². The van der Waals surface area contributed by atoms with Crippen molar-refractivity contribution in [1.82, 2.24) is 4.57 Å². The van der Waals surface area contributed by atoms with Crippen molar-refractivity contribution >= 4 is 33.0 Å². The lowest BCUT2D eigenvalue weighted by Gasteiger charge is -2.09. The minimum Gasteiger partial charge on any atom is -0.342 e. The van der Waals surface area contributed by atoms with E-state index in [0.717, 1.165) is 0 Å². The molecule has 0 aliphatic heterocycles. The molecule has 0 aliphatic carbocycles. The maximum absolute atomic E-state index is 2.38. The molecular formula is C35H25NS. The van der Waals surface area contributed by atoms with Gasteiger partial charge in [0.1, 0.15) is 0 Å². The highest BCUT2D eigenvalue weighted by Crippen LogP contribution is 2.50. The zero-order valence-electron chi connectivity index (χ0n) is 20.6. The monoisotopic (exact) mass is 491 g/mol. The largest absolute Gasteiger partial charge is 0.342 e. The Morgan fingerprint density at radius 2 is 0.973 bits per heavy atom. The van der Waals surface area contributed by atoms with Crippen LogP contribution in [0.2, 0.25) is 0 Å². The van der Waals surface area contributed by atoms with Gasteiger partial charge in [-0.05, 0) is 22.8 Å². The van der Waals surface area contributed by atoms with E-state index in [1.807, 2.05) is 11.3 Å². The fourth-order valence-corrected chi connectivity index (χ4v) is 6.98. The van der Waals surface area contributed by atoms with Crippen molar-refractivity contribution < 1.29 is 0 Å². The molecule has 1 nitrogen and oxygen atoms in total. The average Bonchev–Trinajstić information content (AvgIpc) is 3.49. The summed E-state index contributed by atoms with van der Waals surface area (Å²) in [5.41, 5.74) is 8.86. The second kappa shape index (κ2) is 8.92. The maximum Gasteiger partial charge on any atom is 0.0676 e. The first-order valence-corrected chi connectivity index (χ1v) is 13.4. The summed E-state index contributed by atoms with van der Waals surface area (Å²) >= 11 is 1.91. The molecule has 2 aromatic heterocycles. The maximum atomic E-state index is 2.38. The molecule has 176 valence electrons. The van der Waals surface area contributed by atoms with E-state index >= 15 is 0 Å². The van der Waals surface area contributed by atoms with Crippen LogP contribution in [-0.4, -0.2) is 4.57 Å². The first-order chi connectivity index (χ1) is 18.3. The van der Waals surface area contributed by atoms with Gasteiger partial charge in [-0.25, -0.2) is 0 Å². The topological polar surface area (TPSA) is 4.93 Å². The molecule has 0 bridgehead atoms. The Morgan fingerprint density at radius 1 is 0.459 bits per heavy atom. The number of aryl methyl sites for hydroxylation is 1. The van der Waals surface area contributed by atoms with Crippen LogP contribution in [0.4, 0.5) is 0 Å². The molecular weight excluding hydrogens is 466 g/mol. The minimum atomic E-state index is 1.24. The van der Waals surface area contributed by atoms with Gasteiger partial charge in [0.15, 0.2) is 0 Å². The molecule has 7 rings (SSSR count). The molecule has 0 radical (unpaired) electrons. The van der Waals surface area contributed by atoms with Gasteiger partial charge < -0.3 is 4.57 Å². The third kappa shape index (κ3) is 3.53. The van der Waals surface area contributed by atoms with Crippen LogP contribution >= 0.6 is 11.3 Å². The molecule has 7 aromatic rings. The van der Waals surface area contributed by atoms with Gasteiger partial charge >= 0.3 is 0 Å². The third-order valence-corrected chi connectivity index (χ3v) is 8.52. The summed E-state index contributed by atoms with van der Waals surface area (Å²) in [6.07, 6.45) is 0. The number of thiophene rings is 1. The first-order valence-electron chi connectivity index (χ1n) is 12.6. The summed E-state index contributed by atoms with van der Waals surface area (Å²) in [6, 6.07) is 48.0. The molecule has 0 atom stereocenters. The van der Waals surface area contributed by atoms with E-state index in [4.69, 9.17) is 0 Å². The van der Waals surface area contributed by atoms with Crippen molar-refractivity contribution in [2.45, 2.75) is 0 Å². The number of nitrogens with zero attached hydrogens (tertiary/aromatic N) is 1. The fraction of sp³-hybridized carbons (Fsp3) is 0.0286. The van der Waals surface area contributed by atoms with Gasteiger partial charge in [0.25, 0.3) is 0 Å². The highest BCUT2D eigenvalue weighted by atomic mass is 32.1. The SMILES string of the molecule is Cn1c(-c2sc(-c3ccccc3-c3ccccc3)c3ccccc23)c(-c2ccccc2)c2ccccc21. The van der Waals surface area contributed by atoms with E-state index in [0.29, 0.717) is 0 Å². The van der Waals surface area contributed by atoms with E-state index in [2.05, 4.69) is 145 Å². The molecule has 37 heavy (non-hydrogen) atoms. The van der Waals surface area contributed by atoms with Crippen molar-refractivity contribution in [3.05, 3.63) is 133 Å². The smallest absolute Gasteiger partial charge is 0.0676 e. The van der Waals surface area contributed by atoms with Gasteiger partial charge in [-0.15, -0.1) is 11.3 Å². The Bertz CT molecular complexity index is 1870. The van der Waals surface area contributed by atoms with E-state index in [9.17, 15) is 0 Å². The summed E-state index contributed by atoms with van der Waals surface area (Å²) in [6.45, 7) is 0. The van der Waals surface area contributed by atoms with Crippen molar-refractivity contribution in [3.8, 4) is 43.3 Å². The fourth-order valence-electron chi connectivity index (χ4n) is 5.57. The highest BCUT2D eigenvalue weighted by molar-refractivity contribution is 7.21. The molecule has 0 fully saturated rings. The lowest BCUT2D eigenvalue weighted by atomic mass is 9.96. The molecule has 2 heteroatoms. The predicted molar refractivity (Wildman–Crippen MR) is 160 cm³/mol. The molecule has 0 unspecified atom stereocenters. The number of aromatic nitrogens is 1. The summed E-state index contributed by atoms with van der Waals surface area (Å²) in [7, 11) is 2.20. The molecule has 5 aromatic carbocycles. The Labute approximate surface area is 220 Å². The summed E-state index contributed by atoms with van der Waals surface area (Å²) in [5.74, 6) is 0. The third-order valence-electron chi connectivity index (χ3n) is 7.26. The Kier molecular flexibility index (Phi) is 5.27. The van der Waals surface area contributed by atoms with Crippen LogP contribution < -0.4 is 0 Å². The summed E-state index contributed by atoms with van der Waals surface area (Å²) in [5, 5.41) is 3.89. The first kappa shape index (κ1) is 21.8. The van der Waals surface area contributed by atoms with Crippen LogP contribution in [0.15, 0.2) is 133 Å². The van der Waals surface area contributed by atoms with Gasteiger partial charge in [0, 0.05) is 44.7 Å². The normalized spacial score (nSPS) is 11.4. The van der Waals surface area contributed by atoms with Crippen LogP contribution in [0, 0.1) is 0 Å². The van der Waals surface area contributed by atoms with Crippen molar-refractivity contribution in [1.29, 1.82) is 0 Å². The molecule has 0 N–H and O–H groups in total. The molecule has 0 saturated heterocycles. The van der Waals surface area contributed by atoms with Crippen LogP contribution in [0.3, 0.4) is 0 Å². The van der Waals surface area contributed by atoms with E-state index in [1.54, 1.807) is 0 Å². The zero-order valence-corrected chi connectivity index (χ0v) is 21.4. The van der Waals surface area contributed by atoms with Gasteiger partial charge in [0.2, 0.25) is 0 Å². The quantitative estimate of drug-likeness (QED) is 0.231. The van der Waals surface area contributed by atoms with Gasteiger partial charge in [-0.3, -0.25) is 0 Å². The van der Waals surface area contributed by atoms with Gasteiger partial charge in [0.05, 0.1) is 10.6 Å². The zero-order chi connectivity index (χ0) is 24.8. The van der Waals surface area contributed by atoms with E-state index < -0.39 is 0 Å². The highest BCUT2D eigenvalue weighted by Gasteiger charge is 2.23. The summed E-state index contributed by atoms with van der Waals surface area (Å²) < 4.78 is 2.38. The second-order valence-corrected chi connectivity index (χ2v) is 10.4. The lowest BCUT2D eigenvalue weighted by Crippen LogP contribution is -1.91.